The zero-order valence-corrected chi connectivity index (χ0v) is 12.6. The van der Waals surface area contributed by atoms with Crippen molar-refractivity contribution < 1.29 is 35.2 Å². The fourth-order valence-electron chi connectivity index (χ4n) is 1.67. The number of fused-ring (bicyclic) bond motifs is 1. The third-order valence-corrected chi connectivity index (χ3v) is 4.65. The van der Waals surface area contributed by atoms with Crippen LogP contribution in [0.15, 0.2) is 16.0 Å². The topological polar surface area (TPSA) is 119 Å². The van der Waals surface area contributed by atoms with Gasteiger partial charge < -0.3 is 5.21 Å². The molecule has 0 bridgehead atoms. The Morgan fingerprint density at radius 2 is 1.64 bits per heavy atom. The van der Waals surface area contributed by atoms with Gasteiger partial charge in [-0.05, 0) is 6.07 Å². The Morgan fingerprint density at radius 1 is 1.09 bits per heavy atom. The highest BCUT2D eigenvalue weighted by Gasteiger charge is 2.40. The summed E-state index contributed by atoms with van der Waals surface area (Å²) in [5.41, 5.74) is -1.69. The molecule has 0 aliphatic heterocycles. The first-order chi connectivity index (χ1) is 9.73. The molecule has 122 valence electrons. The molecule has 0 saturated heterocycles. The molecule has 1 N–H and O–H groups in total. The van der Waals surface area contributed by atoms with E-state index >= 15 is 0 Å². The van der Waals surface area contributed by atoms with Gasteiger partial charge in [-0.2, -0.15) is 17.9 Å². The summed E-state index contributed by atoms with van der Waals surface area (Å²) >= 11 is 0. The van der Waals surface area contributed by atoms with Gasteiger partial charge in [0.2, 0.25) is 0 Å². The summed E-state index contributed by atoms with van der Waals surface area (Å²) < 4.78 is 84.0. The van der Waals surface area contributed by atoms with Crippen LogP contribution in [0.2, 0.25) is 0 Å². The van der Waals surface area contributed by atoms with E-state index in [4.69, 9.17) is 0 Å². The molecule has 2 heterocycles. The number of halogens is 3. The molecule has 0 amide bonds. The summed E-state index contributed by atoms with van der Waals surface area (Å²) in [5, 5.41) is 8.77. The van der Waals surface area contributed by atoms with Crippen LogP contribution in [0.3, 0.4) is 0 Å². The van der Waals surface area contributed by atoms with Crippen molar-refractivity contribution in [1.29, 1.82) is 0 Å². The van der Waals surface area contributed by atoms with Crippen LogP contribution in [-0.2, 0) is 25.9 Å². The Balaban J connectivity index is 3.05. The summed E-state index contributed by atoms with van der Waals surface area (Å²) in [7, 11) is -8.16. The smallest absolute Gasteiger partial charge is 0.426 e. The molecule has 0 aliphatic carbocycles. The number of rotatable bonds is 2. The minimum absolute atomic E-state index is 0.467. The predicted molar refractivity (Wildman–Crippen MR) is 65.9 cm³/mol. The maximum Gasteiger partial charge on any atom is 0.453 e. The maximum atomic E-state index is 12.7. The van der Waals surface area contributed by atoms with E-state index in [0.717, 1.165) is 0 Å². The number of hydrogen-bond donors (Lipinski definition) is 1. The van der Waals surface area contributed by atoms with E-state index in [0.29, 0.717) is 18.6 Å². The molecular weight excluding hydrogens is 351 g/mol. The number of nitrogens with zero attached hydrogens (tertiary/aromatic N) is 3. The van der Waals surface area contributed by atoms with Crippen molar-refractivity contribution in [1.82, 2.24) is 14.7 Å². The Bertz CT molecular complexity index is 976. The van der Waals surface area contributed by atoms with Crippen molar-refractivity contribution >= 4 is 30.8 Å². The van der Waals surface area contributed by atoms with Gasteiger partial charge in [-0.15, -0.1) is 0 Å². The second kappa shape index (κ2) is 4.55. The second-order valence-electron chi connectivity index (χ2n) is 4.42. The average Bonchev–Trinajstić information content (AvgIpc) is 2.63. The van der Waals surface area contributed by atoms with Crippen molar-refractivity contribution in [2.24, 2.45) is 0 Å². The van der Waals surface area contributed by atoms with E-state index < -0.39 is 57.5 Å². The van der Waals surface area contributed by atoms with Gasteiger partial charge in [0.05, 0.1) is 0 Å². The van der Waals surface area contributed by atoms with Crippen molar-refractivity contribution in [3.63, 3.8) is 0 Å². The third kappa shape index (κ3) is 2.72. The molecule has 2 rings (SSSR count). The number of sulfone groups is 2. The van der Waals surface area contributed by atoms with Crippen LogP contribution in [-0.4, -0.2) is 49.3 Å². The summed E-state index contributed by atoms with van der Waals surface area (Å²) in [4.78, 5) is 5.52. The molecule has 0 aromatic carbocycles. The van der Waals surface area contributed by atoms with Crippen LogP contribution in [0, 0.1) is 0 Å². The summed E-state index contributed by atoms with van der Waals surface area (Å²) in [6, 6.07) is 0.571. The first kappa shape index (κ1) is 16.5. The molecule has 2 aromatic rings. The second-order valence-corrected chi connectivity index (χ2v) is 8.37. The Labute approximate surface area is 122 Å². The van der Waals surface area contributed by atoms with Gasteiger partial charge in [-0.1, -0.05) is 0 Å². The molecule has 0 spiro atoms. The minimum Gasteiger partial charge on any atom is -0.426 e. The minimum atomic E-state index is -5.09. The van der Waals surface area contributed by atoms with Gasteiger partial charge in [0.1, 0.15) is 10.4 Å². The SMILES string of the molecule is CS(=O)(=O)c1cc(S(C)(=O)=O)c2c(n1)nc(C(F)(F)F)n2O. The lowest BCUT2D eigenvalue weighted by molar-refractivity contribution is -0.153. The van der Waals surface area contributed by atoms with Gasteiger partial charge >= 0.3 is 6.18 Å². The first-order valence-electron chi connectivity index (χ1n) is 5.33. The molecule has 0 unspecified atom stereocenters. The van der Waals surface area contributed by atoms with E-state index in [2.05, 4.69) is 9.97 Å². The van der Waals surface area contributed by atoms with Crippen molar-refractivity contribution in [3.05, 3.63) is 11.9 Å². The summed E-state index contributed by atoms with van der Waals surface area (Å²) in [6.07, 6.45) is -3.74. The highest BCUT2D eigenvalue weighted by Crippen LogP contribution is 2.33. The third-order valence-electron chi connectivity index (χ3n) is 2.57. The number of pyridine rings is 1. The molecule has 0 radical (unpaired) electrons. The Morgan fingerprint density at radius 3 is 2.05 bits per heavy atom. The van der Waals surface area contributed by atoms with Gasteiger partial charge in [0.25, 0.3) is 5.82 Å². The first-order valence-corrected chi connectivity index (χ1v) is 9.11. The van der Waals surface area contributed by atoms with E-state index in [1.807, 2.05) is 0 Å². The summed E-state index contributed by atoms with van der Waals surface area (Å²) in [6.45, 7) is 0. The molecule has 13 heteroatoms. The van der Waals surface area contributed by atoms with Crippen molar-refractivity contribution in [2.75, 3.05) is 12.5 Å². The van der Waals surface area contributed by atoms with E-state index in [9.17, 15) is 35.2 Å². The average molecular weight is 359 g/mol. The van der Waals surface area contributed by atoms with Gasteiger partial charge in [0.15, 0.2) is 30.3 Å². The van der Waals surface area contributed by atoms with E-state index in [1.54, 1.807) is 0 Å². The molecule has 0 saturated carbocycles. The molecule has 0 atom stereocenters. The number of imidazole rings is 1. The van der Waals surface area contributed by atoms with Crippen LogP contribution < -0.4 is 0 Å². The predicted octanol–water partition coefficient (Wildman–Crippen LogP) is 0.494. The molecule has 8 nitrogen and oxygen atoms in total. The van der Waals surface area contributed by atoms with Crippen LogP contribution >= 0.6 is 0 Å². The standard InChI is InChI=1S/C9H8F3N3O5S2/c1-21(17,18)4-3-5(22(2,19)20)13-7-6(4)15(16)8(14-7)9(10,11)12/h3,16H,1-2H3. The monoisotopic (exact) mass is 359 g/mol. The zero-order valence-electron chi connectivity index (χ0n) is 10.9. The Kier molecular flexibility index (Phi) is 3.41. The number of alkyl halides is 3. The fourth-order valence-corrected chi connectivity index (χ4v) is 3.18. The van der Waals surface area contributed by atoms with Crippen molar-refractivity contribution in [2.45, 2.75) is 16.1 Å². The van der Waals surface area contributed by atoms with Crippen molar-refractivity contribution in [3.8, 4) is 0 Å². The molecule has 0 fully saturated rings. The van der Waals surface area contributed by atoms with Gasteiger partial charge in [-0.3, -0.25) is 0 Å². The molecular formula is C9H8F3N3O5S2. The van der Waals surface area contributed by atoms with Crippen LogP contribution in [0.5, 0.6) is 0 Å². The molecule has 2 aromatic heterocycles. The van der Waals surface area contributed by atoms with E-state index in [1.165, 1.54) is 0 Å². The molecule has 0 aliphatic rings. The highest BCUT2D eigenvalue weighted by atomic mass is 32.2. The maximum absolute atomic E-state index is 12.7. The highest BCUT2D eigenvalue weighted by molar-refractivity contribution is 7.91. The number of aromatic nitrogens is 3. The fraction of sp³-hybridized carbons (Fsp3) is 0.333. The lowest BCUT2D eigenvalue weighted by atomic mass is 10.4. The van der Waals surface area contributed by atoms with Gasteiger partial charge in [-0.25, -0.2) is 26.8 Å². The van der Waals surface area contributed by atoms with E-state index in [-0.39, 0.29) is 0 Å². The quantitative estimate of drug-likeness (QED) is 0.775. The zero-order chi connectivity index (χ0) is 17.1. The lowest BCUT2D eigenvalue weighted by Gasteiger charge is -2.06. The van der Waals surface area contributed by atoms with Crippen LogP contribution in [0.1, 0.15) is 5.82 Å². The summed E-state index contributed by atoms with van der Waals surface area (Å²) in [5.74, 6) is -1.81. The molecule has 22 heavy (non-hydrogen) atoms. The normalized spacial score (nSPS) is 13.7. The van der Waals surface area contributed by atoms with Gasteiger partial charge in [0, 0.05) is 12.5 Å². The largest absolute Gasteiger partial charge is 0.453 e. The van der Waals surface area contributed by atoms with Crippen LogP contribution in [0.4, 0.5) is 13.2 Å². The van der Waals surface area contributed by atoms with Crippen LogP contribution in [0.25, 0.3) is 11.2 Å². The number of hydrogen-bond acceptors (Lipinski definition) is 7. The lowest BCUT2D eigenvalue weighted by Crippen LogP contribution is -2.14. The Hall–Kier alpha value is -1.89.